The molecule has 0 radical (unpaired) electrons. The van der Waals surface area contributed by atoms with Crippen LogP contribution in [0.25, 0.3) is 0 Å². The highest BCUT2D eigenvalue weighted by Crippen LogP contribution is 2.40. The van der Waals surface area contributed by atoms with Crippen molar-refractivity contribution in [1.29, 1.82) is 0 Å². The number of aromatic nitrogens is 1. The molecule has 0 aliphatic carbocycles. The van der Waals surface area contributed by atoms with E-state index < -0.39 is 4.92 Å². The molecule has 2 aromatic rings. The molecule has 20 heavy (non-hydrogen) atoms. The van der Waals surface area contributed by atoms with Crippen molar-refractivity contribution < 1.29 is 14.4 Å². The van der Waals surface area contributed by atoms with Gasteiger partial charge in [0.1, 0.15) is 5.69 Å². The monoisotopic (exact) mass is 275 g/mol. The van der Waals surface area contributed by atoms with Crippen LogP contribution in [0.5, 0.6) is 11.5 Å². The highest BCUT2D eigenvalue weighted by molar-refractivity contribution is 5.69. The molecule has 0 amide bonds. The lowest BCUT2D eigenvalue weighted by atomic mass is 10.2. The lowest BCUT2D eigenvalue weighted by molar-refractivity contribution is -0.384. The number of anilines is 1. The Morgan fingerprint density at radius 1 is 1.40 bits per heavy atom. The summed E-state index contributed by atoms with van der Waals surface area (Å²) in [4.78, 5) is 10.7. The number of ether oxygens (including phenoxy) is 2. The summed E-state index contributed by atoms with van der Waals surface area (Å²) in [5, 5.41) is 14.2. The molecule has 104 valence electrons. The van der Waals surface area contributed by atoms with E-state index in [1.54, 1.807) is 6.07 Å². The largest absolute Gasteiger partial charge is 0.454 e. The normalized spacial score (nSPS) is 12.4. The van der Waals surface area contributed by atoms with Crippen molar-refractivity contribution in [3.05, 3.63) is 46.3 Å². The van der Waals surface area contributed by atoms with E-state index in [0.717, 1.165) is 5.56 Å². The molecule has 1 N–H and O–H groups in total. The van der Waals surface area contributed by atoms with Gasteiger partial charge in [-0.05, 0) is 11.6 Å². The molecule has 0 unspecified atom stereocenters. The van der Waals surface area contributed by atoms with Crippen LogP contribution >= 0.6 is 0 Å². The van der Waals surface area contributed by atoms with Gasteiger partial charge < -0.3 is 19.4 Å². The molecule has 7 nitrogen and oxygen atoms in total. The Kier molecular flexibility index (Phi) is 2.94. The van der Waals surface area contributed by atoms with Crippen LogP contribution in [0.15, 0.2) is 30.6 Å². The molecule has 1 aromatic heterocycles. The summed E-state index contributed by atoms with van der Waals surface area (Å²) in [7, 11) is 1.92. The van der Waals surface area contributed by atoms with Crippen LogP contribution < -0.4 is 14.8 Å². The van der Waals surface area contributed by atoms with E-state index in [-0.39, 0.29) is 12.5 Å². The van der Waals surface area contributed by atoms with Crippen molar-refractivity contribution in [2.75, 3.05) is 12.1 Å². The predicted molar refractivity (Wildman–Crippen MR) is 72.0 cm³/mol. The summed E-state index contributed by atoms with van der Waals surface area (Å²) < 4.78 is 12.3. The van der Waals surface area contributed by atoms with Crippen molar-refractivity contribution in [3.8, 4) is 11.5 Å². The van der Waals surface area contributed by atoms with Crippen LogP contribution in [0.2, 0.25) is 0 Å². The van der Waals surface area contributed by atoms with Crippen LogP contribution in [0.1, 0.15) is 5.56 Å². The van der Waals surface area contributed by atoms with Gasteiger partial charge in [-0.1, -0.05) is 0 Å². The minimum Gasteiger partial charge on any atom is -0.454 e. The van der Waals surface area contributed by atoms with Crippen molar-refractivity contribution in [2.24, 2.45) is 7.05 Å². The van der Waals surface area contributed by atoms with Gasteiger partial charge in [0.05, 0.1) is 11.0 Å². The minimum atomic E-state index is -0.435. The van der Waals surface area contributed by atoms with E-state index in [1.807, 2.05) is 30.1 Å². The highest BCUT2D eigenvalue weighted by atomic mass is 16.7. The number of hydrogen-bond acceptors (Lipinski definition) is 5. The average molecular weight is 275 g/mol. The SMILES string of the molecule is Cn1ccc(CNc2cc3c(cc2[N+](=O)[O-])OCO3)c1. The summed E-state index contributed by atoms with van der Waals surface area (Å²) in [6.07, 6.45) is 3.87. The second-order valence-electron chi connectivity index (χ2n) is 4.52. The Morgan fingerprint density at radius 3 is 2.80 bits per heavy atom. The van der Waals surface area contributed by atoms with Gasteiger partial charge in [0, 0.05) is 32.1 Å². The number of aryl methyl sites for hydroxylation is 1. The molecule has 0 atom stereocenters. The van der Waals surface area contributed by atoms with Crippen molar-refractivity contribution >= 4 is 11.4 Å². The molecular formula is C13H13N3O4. The summed E-state index contributed by atoms with van der Waals surface area (Å²) in [6, 6.07) is 4.94. The topological polar surface area (TPSA) is 78.6 Å². The van der Waals surface area contributed by atoms with Crippen molar-refractivity contribution in [1.82, 2.24) is 4.57 Å². The first-order valence-electron chi connectivity index (χ1n) is 6.06. The third kappa shape index (κ3) is 2.25. The molecule has 0 bridgehead atoms. The lowest BCUT2D eigenvalue weighted by Gasteiger charge is -2.07. The molecule has 2 heterocycles. The number of fused-ring (bicyclic) bond motifs is 1. The average Bonchev–Trinajstić information content (AvgIpc) is 3.03. The second kappa shape index (κ2) is 4.76. The minimum absolute atomic E-state index is 0.0230. The van der Waals surface area contributed by atoms with Crippen LogP contribution in [-0.2, 0) is 13.6 Å². The van der Waals surface area contributed by atoms with Gasteiger partial charge in [0.15, 0.2) is 11.5 Å². The van der Waals surface area contributed by atoms with E-state index in [2.05, 4.69) is 5.32 Å². The summed E-state index contributed by atoms with van der Waals surface area (Å²) >= 11 is 0. The predicted octanol–water partition coefficient (Wildman–Crippen LogP) is 2.27. The first-order chi connectivity index (χ1) is 9.63. The fourth-order valence-corrected chi connectivity index (χ4v) is 2.09. The molecule has 0 saturated carbocycles. The summed E-state index contributed by atoms with van der Waals surface area (Å²) in [5.74, 6) is 0.924. The van der Waals surface area contributed by atoms with E-state index in [9.17, 15) is 10.1 Å². The van der Waals surface area contributed by atoms with E-state index in [0.29, 0.717) is 23.7 Å². The number of nitro benzene ring substituents is 1. The Labute approximate surface area is 114 Å². The molecule has 1 aliphatic rings. The van der Waals surface area contributed by atoms with Crippen LogP contribution in [0.4, 0.5) is 11.4 Å². The van der Waals surface area contributed by atoms with Crippen LogP contribution in [-0.4, -0.2) is 16.3 Å². The Hall–Kier alpha value is -2.70. The third-order valence-corrected chi connectivity index (χ3v) is 3.06. The maximum atomic E-state index is 11.1. The molecule has 1 aliphatic heterocycles. The van der Waals surface area contributed by atoms with Gasteiger partial charge in [-0.15, -0.1) is 0 Å². The maximum Gasteiger partial charge on any atom is 0.296 e. The van der Waals surface area contributed by atoms with Gasteiger partial charge in [-0.2, -0.15) is 0 Å². The quantitative estimate of drug-likeness (QED) is 0.684. The molecular weight excluding hydrogens is 262 g/mol. The van der Waals surface area contributed by atoms with Gasteiger partial charge >= 0.3 is 0 Å². The van der Waals surface area contributed by atoms with Crippen molar-refractivity contribution in [3.63, 3.8) is 0 Å². The first kappa shape index (κ1) is 12.3. The fraction of sp³-hybridized carbons (Fsp3) is 0.231. The molecule has 7 heteroatoms. The molecule has 1 aromatic carbocycles. The smallest absolute Gasteiger partial charge is 0.296 e. The Bertz CT molecular complexity index is 666. The van der Waals surface area contributed by atoms with E-state index >= 15 is 0 Å². The van der Waals surface area contributed by atoms with Gasteiger partial charge in [-0.3, -0.25) is 10.1 Å². The number of benzene rings is 1. The maximum absolute atomic E-state index is 11.1. The zero-order chi connectivity index (χ0) is 14.1. The van der Waals surface area contributed by atoms with Crippen molar-refractivity contribution in [2.45, 2.75) is 6.54 Å². The molecule has 0 fully saturated rings. The molecule has 3 rings (SSSR count). The summed E-state index contributed by atoms with van der Waals surface area (Å²) in [5.41, 5.74) is 1.44. The Morgan fingerprint density at radius 2 is 2.15 bits per heavy atom. The standard InChI is InChI=1S/C13H13N3O4/c1-15-3-2-9(7-15)6-14-10-4-12-13(20-8-19-12)5-11(10)16(17)18/h2-5,7,14H,6,8H2,1H3. The zero-order valence-electron chi connectivity index (χ0n) is 10.8. The van der Waals surface area contributed by atoms with Gasteiger partial charge in [0.2, 0.25) is 6.79 Å². The van der Waals surface area contributed by atoms with E-state index in [1.165, 1.54) is 6.07 Å². The third-order valence-electron chi connectivity index (χ3n) is 3.06. The molecule has 0 saturated heterocycles. The van der Waals surface area contributed by atoms with Gasteiger partial charge in [0.25, 0.3) is 5.69 Å². The Balaban J connectivity index is 1.86. The number of nitrogens with zero attached hydrogens (tertiary/aromatic N) is 2. The lowest BCUT2D eigenvalue weighted by Crippen LogP contribution is -2.02. The highest BCUT2D eigenvalue weighted by Gasteiger charge is 2.23. The number of nitrogens with one attached hydrogen (secondary N) is 1. The summed E-state index contributed by atoms with van der Waals surface area (Å²) in [6.45, 7) is 0.593. The number of nitro groups is 1. The fourth-order valence-electron chi connectivity index (χ4n) is 2.09. The first-order valence-corrected chi connectivity index (χ1v) is 6.06. The van der Waals surface area contributed by atoms with Gasteiger partial charge in [-0.25, -0.2) is 0 Å². The second-order valence-corrected chi connectivity index (χ2v) is 4.52. The van der Waals surface area contributed by atoms with E-state index in [4.69, 9.17) is 9.47 Å². The number of hydrogen-bond donors (Lipinski definition) is 1. The van der Waals surface area contributed by atoms with Crippen LogP contribution in [0.3, 0.4) is 0 Å². The number of rotatable bonds is 4. The molecule has 0 spiro atoms. The van der Waals surface area contributed by atoms with Crippen LogP contribution in [0, 0.1) is 10.1 Å². The zero-order valence-corrected chi connectivity index (χ0v) is 10.8.